The summed E-state index contributed by atoms with van der Waals surface area (Å²) in [5.74, 6) is 1.42. The highest BCUT2D eigenvalue weighted by Crippen LogP contribution is 2.38. The Balaban J connectivity index is 1.36. The summed E-state index contributed by atoms with van der Waals surface area (Å²) >= 11 is 0. The molecule has 0 bridgehead atoms. The Morgan fingerprint density at radius 2 is 1.68 bits per heavy atom. The van der Waals surface area contributed by atoms with Gasteiger partial charge in [-0.2, -0.15) is 4.98 Å². The highest BCUT2D eigenvalue weighted by molar-refractivity contribution is 5.98. The third kappa shape index (κ3) is 8.59. The number of anilines is 4. The van der Waals surface area contributed by atoms with Gasteiger partial charge in [0.1, 0.15) is 17.3 Å². The lowest BCUT2D eigenvalue weighted by Crippen LogP contribution is -2.31. The molecule has 3 aromatic carbocycles. The maximum absolute atomic E-state index is 15.0. The number of ether oxygens (including phenoxy) is 5. The fourth-order valence-corrected chi connectivity index (χ4v) is 5.30. The minimum absolute atomic E-state index is 0.121. The molecule has 1 aliphatic rings. The Labute approximate surface area is 274 Å². The van der Waals surface area contributed by atoms with Gasteiger partial charge in [-0.05, 0) is 81.2 Å². The summed E-state index contributed by atoms with van der Waals surface area (Å²) in [6.45, 7) is 5.49. The molecule has 248 valence electrons. The Morgan fingerprint density at radius 3 is 2.43 bits per heavy atom. The van der Waals surface area contributed by atoms with Crippen LogP contribution in [0.3, 0.4) is 0 Å². The number of carbonyl (C=O) groups is 1. The lowest BCUT2D eigenvalue weighted by atomic mass is 10.1. The predicted molar refractivity (Wildman–Crippen MR) is 178 cm³/mol. The van der Waals surface area contributed by atoms with Crippen LogP contribution in [0, 0.1) is 12.7 Å². The molecule has 1 fully saturated rings. The number of nitrogens with zero attached hydrogens (tertiary/aromatic N) is 4. The molecular weight excluding hydrogens is 605 g/mol. The van der Waals surface area contributed by atoms with Gasteiger partial charge in [0.05, 0.1) is 33.6 Å². The van der Waals surface area contributed by atoms with E-state index in [4.69, 9.17) is 23.7 Å². The third-order valence-corrected chi connectivity index (χ3v) is 7.71. The van der Waals surface area contributed by atoms with Crippen molar-refractivity contribution in [2.24, 2.45) is 0 Å². The Hall–Kier alpha value is -5.10. The molecular formula is C35H40FN5O6. The van der Waals surface area contributed by atoms with Crippen LogP contribution in [0.25, 0.3) is 0 Å². The Kier molecular flexibility index (Phi) is 11.3. The number of aryl methyl sites for hydroxylation is 1. The van der Waals surface area contributed by atoms with Gasteiger partial charge in [0.15, 0.2) is 23.1 Å². The molecule has 1 amide bonds. The number of hydrogen-bond donors (Lipinski definition) is 1. The molecule has 0 unspecified atom stereocenters. The SMILES string of the molecule is COc1ccc(N(C(=O)Oc2cc(C)ccc2OC)c2ccnc(Nc3ccc(OCCCN4CCCCC4)c(F)c3)n2)c(OC)c1. The van der Waals surface area contributed by atoms with Crippen molar-refractivity contribution < 1.29 is 32.9 Å². The number of aromatic nitrogens is 2. The van der Waals surface area contributed by atoms with Crippen LogP contribution in [0.15, 0.2) is 66.9 Å². The standard InChI is InChI=1S/C35H40FN5O6/c1-24-9-13-30(44-3)32(21-24)47-35(42)41(28-12-11-26(43-2)23-31(28)45-4)33-15-16-37-34(39-33)38-25-10-14-29(27(36)22-25)46-20-8-19-40-17-6-5-7-18-40/h9-16,21-23H,5-8,17-20H2,1-4H3,(H,37,38,39). The Bertz CT molecular complexity index is 1670. The van der Waals surface area contributed by atoms with Gasteiger partial charge in [-0.1, -0.05) is 12.5 Å². The van der Waals surface area contributed by atoms with Gasteiger partial charge in [-0.3, -0.25) is 0 Å². The number of methoxy groups -OCH3 is 3. The van der Waals surface area contributed by atoms with Crippen LogP contribution >= 0.6 is 0 Å². The highest BCUT2D eigenvalue weighted by atomic mass is 19.1. The summed E-state index contributed by atoms with van der Waals surface area (Å²) in [6.07, 6.45) is 5.28. The second-order valence-corrected chi connectivity index (χ2v) is 11.0. The molecule has 1 N–H and O–H groups in total. The van der Waals surface area contributed by atoms with Crippen LogP contribution in [-0.2, 0) is 0 Å². The maximum atomic E-state index is 15.0. The maximum Gasteiger partial charge on any atom is 0.425 e. The molecule has 5 rings (SSSR count). The summed E-state index contributed by atoms with van der Waals surface area (Å²) in [6, 6.07) is 16.4. The highest BCUT2D eigenvalue weighted by Gasteiger charge is 2.27. The molecule has 1 saturated heterocycles. The quantitative estimate of drug-likeness (QED) is 0.149. The summed E-state index contributed by atoms with van der Waals surface area (Å²) < 4.78 is 42.9. The molecule has 11 nitrogen and oxygen atoms in total. The van der Waals surface area contributed by atoms with Crippen molar-refractivity contribution in [3.05, 3.63) is 78.2 Å². The second-order valence-electron chi connectivity index (χ2n) is 11.0. The summed E-state index contributed by atoms with van der Waals surface area (Å²) in [4.78, 5) is 26.4. The molecule has 2 heterocycles. The van der Waals surface area contributed by atoms with Crippen molar-refractivity contribution in [1.29, 1.82) is 0 Å². The van der Waals surface area contributed by atoms with E-state index in [0.29, 0.717) is 35.2 Å². The molecule has 0 aliphatic carbocycles. The summed E-state index contributed by atoms with van der Waals surface area (Å²) in [5, 5.41) is 3.02. The molecule has 0 radical (unpaired) electrons. The average molecular weight is 646 g/mol. The molecule has 1 aromatic heterocycles. The van der Waals surface area contributed by atoms with E-state index in [1.165, 1.54) is 57.8 Å². The number of hydrogen-bond acceptors (Lipinski definition) is 10. The zero-order valence-corrected chi connectivity index (χ0v) is 27.1. The number of carbonyl (C=O) groups excluding carboxylic acids is 1. The molecule has 1 aliphatic heterocycles. The van der Waals surface area contributed by atoms with Crippen molar-refractivity contribution in [2.75, 3.05) is 57.8 Å². The average Bonchev–Trinajstić information content (AvgIpc) is 3.08. The fraction of sp³-hybridized carbons (Fsp3) is 0.343. The number of halogens is 1. The first-order chi connectivity index (χ1) is 22.9. The van der Waals surface area contributed by atoms with E-state index in [2.05, 4.69) is 20.2 Å². The number of nitrogens with one attached hydrogen (secondary N) is 1. The molecule has 0 atom stereocenters. The number of benzene rings is 3. The smallest absolute Gasteiger partial charge is 0.425 e. The van der Waals surface area contributed by atoms with E-state index in [1.54, 1.807) is 48.5 Å². The van der Waals surface area contributed by atoms with Gasteiger partial charge in [0.2, 0.25) is 5.95 Å². The van der Waals surface area contributed by atoms with Crippen molar-refractivity contribution in [3.63, 3.8) is 0 Å². The molecule has 12 heteroatoms. The van der Waals surface area contributed by atoms with Crippen molar-refractivity contribution in [3.8, 4) is 28.7 Å². The van der Waals surface area contributed by atoms with Crippen LogP contribution in [0.4, 0.5) is 32.3 Å². The van der Waals surface area contributed by atoms with E-state index in [0.717, 1.165) is 31.6 Å². The summed E-state index contributed by atoms with van der Waals surface area (Å²) in [5.41, 5.74) is 1.61. The van der Waals surface area contributed by atoms with Crippen LogP contribution < -0.4 is 33.9 Å². The zero-order valence-electron chi connectivity index (χ0n) is 27.1. The van der Waals surface area contributed by atoms with E-state index in [-0.39, 0.29) is 23.3 Å². The van der Waals surface area contributed by atoms with Crippen LogP contribution in [0.2, 0.25) is 0 Å². The normalized spacial score (nSPS) is 13.0. The van der Waals surface area contributed by atoms with Crippen molar-refractivity contribution in [1.82, 2.24) is 14.9 Å². The molecule has 4 aromatic rings. The number of amides is 1. The van der Waals surface area contributed by atoms with Crippen molar-refractivity contribution >= 4 is 29.2 Å². The molecule has 0 spiro atoms. The van der Waals surface area contributed by atoms with Crippen LogP contribution in [-0.4, -0.2) is 68.5 Å². The number of piperidine rings is 1. The largest absolute Gasteiger partial charge is 0.497 e. The van der Waals surface area contributed by atoms with E-state index in [9.17, 15) is 9.18 Å². The number of likely N-dealkylation sites (tertiary alicyclic amines) is 1. The summed E-state index contributed by atoms with van der Waals surface area (Å²) in [7, 11) is 4.51. The molecule has 47 heavy (non-hydrogen) atoms. The second kappa shape index (κ2) is 15.9. The van der Waals surface area contributed by atoms with Gasteiger partial charge < -0.3 is 33.9 Å². The van der Waals surface area contributed by atoms with Gasteiger partial charge in [0.25, 0.3) is 0 Å². The van der Waals surface area contributed by atoms with E-state index < -0.39 is 11.9 Å². The van der Waals surface area contributed by atoms with Gasteiger partial charge in [-0.25, -0.2) is 19.1 Å². The van der Waals surface area contributed by atoms with Gasteiger partial charge in [-0.15, -0.1) is 0 Å². The lowest BCUT2D eigenvalue weighted by Gasteiger charge is -2.26. The monoisotopic (exact) mass is 645 g/mol. The number of rotatable bonds is 13. The first-order valence-electron chi connectivity index (χ1n) is 15.5. The first-order valence-corrected chi connectivity index (χ1v) is 15.5. The predicted octanol–water partition coefficient (Wildman–Crippen LogP) is 7.29. The minimum atomic E-state index is -0.783. The lowest BCUT2D eigenvalue weighted by molar-refractivity contribution is 0.203. The van der Waals surface area contributed by atoms with Crippen LogP contribution in [0.5, 0.6) is 28.7 Å². The van der Waals surface area contributed by atoms with E-state index in [1.807, 2.05) is 13.0 Å². The zero-order chi connectivity index (χ0) is 33.2. The topological polar surface area (TPSA) is 108 Å². The molecule has 0 saturated carbocycles. The fourth-order valence-electron chi connectivity index (χ4n) is 5.30. The Morgan fingerprint density at radius 1 is 0.894 bits per heavy atom. The van der Waals surface area contributed by atoms with Gasteiger partial charge in [0, 0.05) is 36.6 Å². The van der Waals surface area contributed by atoms with E-state index >= 15 is 0 Å². The first kappa shape index (κ1) is 33.3. The van der Waals surface area contributed by atoms with Crippen molar-refractivity contribution in [2.45, 2.75) is 32.6 Å². The van der Waals surface area contributed by atoms with Gasteiger partial charge >= 0.3 is 6.09 Å². The van der Waals surface area contributed by atoms with Crippen LogP contribution in [0.1, 0.15) is 31.2 Å². The minimum Gasteiger partial charge on any atom is -0.497 e. The third-order valence-electron chi connectivity index (χ3n) is 7.71.